The van der Waals surface area contributed by atoms with Crippen LogP contribution in [0.2, 0.25) is 0 Å². The zero-order valence-electron chi connectivity index (χ0n) is 14.2. The number of hydrogen-bond acceptors (Lipinski definition) is 7. The molecule has 3 N–H and O–H groups in total. The number of aromatic nitrogens is 4. The summed E-state index contributed by atoms with van der Waals surface area (Å²) in [5.41, 5.74) is 8.27. The van der Waals surface area contributed by atoms with Crippen molar-refractivity contribution in [2.75, 3.05) is 18.5 Å². The minimum absolute atomic E-state index is 0.461. The van der Waals surface area contributed by atoms with Crippen LogP contribution >= 0.6 is 0 Å². The second-order valence-electron chi connectivity index (χ2n) is 5.49. The largest absolute Gasteiger partial charge is 0.490 e. The van der Waals surface area contributed by atoms with E-state index in [0.29, 0.717) is 30.6 Å². The van der Waals surface area contributed by atoms with Crippen molar-refractivity contribution in [2.24, 2.45) is 5.73 Å². The van der Waals surface area contributed by atoms with Gasteiger partial charge in [-0.25, -0.2) is 15.0 Å². The number of ether oxygens (including phenoxy) is 1. The molecule has 0 aliphatic rings. The van der Waals surface area contributed by atoms with Crippen molar-refractivity contribution in [3.63, 3.8) is 0 Å². The Morgan fingerprint density at radius 2 is 1.84 bits per heavy atom. The van der Waals surface area contributed by atoms with E-state index >= 15 is 0 Å². The van der Waals surface area contributed by atoms with Gasteiger partial charge in [-0.15, -0.1) is 0 Å². The van der Waals surface area contributed by atoms with Crippen LogP contribution in [0.5, 0.6) is 5.75 Å². The second-order valence-corrected chi connectivity index (χ2v) is 5.49. The van der Waals surface area contributed by atoms with Crippen LogP contribution in [-0.2, 0) is 0 Å². The number of aryl methyl sites for hydroxylation is 2. The zero-order chi connectivity index (χ0) is 17.6. The van der Waals surface area contributed by atoms with Crippen molar-refractivity contribution in [1.82, 2.24) is 19.9 Å². The molecule has 0 saturated heterocycles. The van der Waals surface area contributed by atoms with Crippen molar-refractivity contribution < 1.29 is 4.74 Å². The maximum Gasteiger partial charge on any atom is 0.141 e. The van der Waals surface area contributed by atoms with E-state index in [2.05, 4.69) is 25.3 Å². The Balaban J connectivity index is 1.86. The lowest BCUT2D eigenvalue weighted by Crippen LogP contribution is -2.11. The second kappa shape index (κ2) is 7.67. The molecule has 0 radical (unpaired) electrons. The highest BCUT2D eigenvalue weighted by Crippen LogP contribution is 2.27. The molecular formula is C18H20N6O. The van der Waals surface area contributed by atoms with Gasteiger partial charge in [0.25, 0.3) is 0 Å². The van der Waals surface area contributed by atoms with Gasteiger partial charge in [-0.3, -0.25) is 4.98 Å². The highest BCUT2D eigenvalue weighted by Gasteiger charge is 2.07. The molecule has 0 spiro atoms. The van der Waals surface area contributed by atoms with E-state index in [4.69, 9.17) is 10.5 Å². The fourth-order valence-corrected chi connectivity index (χ4v) is 2.32. The van der Waals surface area contributed by atoms with Crippen molar-refractivity contribution in [2.45, 2.75) is 13.8 Å². The molecule has 3 rings (SSSR count). The monoisotopic (exact) mass is 336 g/mol. The molecule has 0 amide bonds. The normalized spacial score (nSPS) is 10.5. The minimum atomic E-state index is 0.461. The summed E-state index contributed by atoms with van der Waals surface area (Å²) in [5, 5.41) is 3.18. The molecule has 0 atom stereocenters. The summed E-state index contributed by atoms with van der Waals surface area (Å²) >= 11 is 0. The first kappa shape index (κ1) is 16.8. The van der Waals surface area contributed by atoms with Gasteiger partial charge in [0.05, 0.1) is 5.69 Å². The number of rotatable bonds is 6. The molecule has 7 nitrogen and oxygen atoms in total. The molecule has 128 valence electrons. The zero-order valence-corrected chi connectivity index (χ0v) is 14.2. The van der Waals surface area contributed by atoms with Gasteiger partial charge in [0.2, 0.25) is 0 Å². The maximum atomic E-state index is 5.65. The van der Waals surface area contributed by atoms with Crippen LogP contribution in [0.25, 0.3) is 11.1 Å². The van der Waals surface area contributed by atoms with Gasteiger partial charge >= 0.3 is 0 Å². The summed E-state index contributed by atoms with van der Waals surface area (Å²) in [4.78, 5) is 17.2. The van der Waals surface area contributed by atoms with E-state index in [1.54, 1.807) is 18.5 Å². The van der Waals surface area contributed by atoms with Crippen molar-refractivity contribution >= 4 is 11.6 Å². The van der Waals surface area contributed by atoms with Gasteiger partial charge < -0.3 is 15.8 Å². The Morgan fingerprint density at radius 3 is 2.64 bits per heavy atom. The molecule has 7 heteroatoms. The summed E-state index contributed by atoms with van der Waals surface area (Å²) in [5.74, 6) is 2.83. The summed E-state index contributed by atoms with van der Waals surface area (Å²) in [6, 6.07) is 7.63. The maximum absolute atomic E-state index is 5.65. The molecule has 0 aromatic carbocycles. The Morgan fingerprint density at radius 1 is 1.00 bits per heavy atom. The molecule has 0 unspecified atom stereocenters. The van der Waals surface area contributed by atoms with E-state index in [1.807, 2.05) is 38.2 Å². The number of nitrogens with zero attached hydrogens (tertiary/aromatic N) is 4. The average molecular weight is 336 g/mol. The number of pyridine rings is 2. The lowest BCUT2D eigenvalue weighted by atomic mass is 10.1. The van der Waals surface area contributed by atoms with Gasteiger partial charge in [-0.05, 0) is 43.7 Å². The first-order valence-corrected chi connectivity index (χ1v) is 7.98. The van der Waals surface area contributed by atoms with Gasteiger partial charge in [0.1, 0.15) is 29.8 Å². The van der Waals surface area contributed by atoms with Crippen LogP contribution in [0.3, 0.4) is 0 Å². The van der Waals surface area contributed by atoms with Crippen LogP contribution in [0.15, 0.2) is 42.9 Å². The molecule has 0 saturated carbocycles. The standard InChI is InChI=1S/C18H20N6O/c1-12-16(25-8-5-19)9-15(11-22-12)14-3-6-21-18(10-14)24-17-4-7-20-13(2)23-17/h3-4,6-7,9-11H,5,8,19H2,1-2H3,(H,20,21,23,24). The number of hydrogen-bond donors (Lipinski definition) is 2. The molecule has 3 aromatic heterocycles. The van der Waals surface area contributed by atoms with Gasteiger partial charge in [0, 0.05) is 30.7 Å². The molecule has 0 fully saturated rings. The SMILES string of the molecule is Cc1nccc(Nc2cc(-c3cnc(C)c(OCCN)c3)ccn2)n1. The quantitative estimate of drug-likeness (QED) is 0.714. The Hall–Kier alpha value is -3.06. The van der Waals surface area contributed by atoms with E-state index in [-0.39, 0.29) is 0 Å². The number of nitrogens with two attached hydrogens (primary N) is 1. The first-order chi connectivity index (χ1) is 12.2. The summed E-state index contributed by atoms with van der Waals surface area (Å²) in [6.45, 7) is 4.68. The molecule has 25 heavy (non-hydrogen) atoms. The summed E-state index contributed by atoms with van der Waals surface area (Å²) in [7, 11) is 0. The fourth-order valence-electron chi connectivity index (χ4n) is 2.32. The minimum Gasteiger partial charge on any atom is -0.490 e. The topological polar surface area (TPSA) is 98.8 Å². The lowest BCUT2D eigenvalue weighted by molar-refractivity contribution is 0.324. The molecule has 0 aliphatic heterocycles. The molecule has 0 aliphatic carbocycles. The summed E-state index contributed by atoms with van der Waals surface area (Å²) in [6.07, 6.45) is 5.27. The van der Waals surface area contributed by atoms with Gasteiger partial charge in [-0.1, -0.05) is 0 Å². The smallest absolute Gasteiger partial charge is 0.141 e. The van der Waals surface area contributed by atoms with Gasteiger partial charge in [-0.2, -0.15) is 0 Å². The predicted octanol–water partition coefficient (Wildman–Crippen LogP) is 2.63. The Bertz CT molecular complexity index is 868. The molecule has 3 heterocycles. The molecular weight excluding hydrogens is 316 g/mol. The van der Waals surface area contributed by atoms with E-state index in [9.17, 15) is 0 Å². The third kappa shape index (κ3) is 4.27. The van der Waals surface area contributed by atoms with Crippen LogP contribution in [0.4, 0.5) is 11.6 Å². The average Bonchev–Trinajstić information content (AvgIpc) is 2.61. The third-order valence-electron chi connectivity index (χ3n) is 3.54. The van der Waals surface area contributed by atoms with Crippen molar-refractivity contribution in [1.29, 1.82) is 0 Å². The highest BCUT2D eigenvalue weighted by molar-refractivity contribution is 5.68. The molecule has 0 bridgehead atoms. The van der Waals surface area contributed by atoms with E-state index < -0.39 is 0 Å². The Labute approximate surface area is 146 Å². The highest BCUT2D eigenvalue weighted by atomic mass is 16.5. The fraction of sp³-hybridized carbons (Fsp3) is 0.222. The van der Waals surface area contributed by atoms with E-state index in [1.165, 1.54) is 0 Å². The lowest BCUT2D eigenvalue weighted by Gasteiger charge is -2.11. The van der Waals surface area contributed by atoms with Crippen molar-refractivity contribution in [3.05, 3.63) is 54.4 Å². The van der Waals surface area contributed by atoms with Crippen LogP contribution in [0.1, 0.15) is 11.5 Å². The van der Waals surface area contributed by atoms with Crippen LogP contribution in [0, 0.1) is 13.8 Å². The van der Waals surface area contributed by atoms with Crippen molar-refractivity contribution in [3.8, 4) is 16.9 Å². The molecule has 3 aromatic rings. The van der Waals surface area contributed by atoms with Crippen LogP contribution < -0.4 is 15.8 Å². The first-order valence-electron chi connectivity index (χ1n) is 7.98. The third-order valence-corrected chi connectivity index (χ3v) is 3.54. The van der Waals surface area contributed by atoms with Crippen LogP contribution in [-0.4, -0.2) is 33.1 Å². The predicted molar refractivity (Wildman–Crippen MR) is 96.8 cm³/mol. The summed E-state index contributed by atoms with van der Waals surface area (Å²) < 4.78 is 5.65. The number of anilines is 2. The van der Waals surface area contributed by atoms with Gasteiger partial charge in [0.15, 0.2) is 0 Å². The number of nitrogens with one attached hydrogen (secondary N) is 1. The van der Waals surface area contributed by atoms with E-state index in [0.717, 1.165) is 22.6 Å². The Kier molecular flexibility index (Phi) is 5.15.